The van der Waals surface area contributed by atoms with Crippen molar-refractivity contribution < 1.29 is 9.90 Å². The molecule has 2 aliphatic carbocycles. The fourth-order valence-corrected chi connectivity index (χ4v) is 6.58. The molecular formula is C35H31ClN4O3. The van der Waals surface area contributed by atoms with Gasteiger partial charge in [-0.25, -0.2) is 4.98 Å². The summed E-state index contributed by atoms with van der Waals surface area (Å²) in [6.07, 6.45) is 3.48. The summed E-state index contributed by atoms with van der Waals surface area (Å²) in [7, 11) is 0. The number of hydrogen-bond donors (Lipinski definition) is 2. The van der Waals surface area contributed by atoms with Gasteiger partial charge in [-0.05, 0) is 78.5 Å². The monoisotopic (exact) mass is 590 g/mol. The Morgan fingerprint density at radius 1 is 1.00 bits per heavy atom. The number of nitrogens with one attached hydrogen (secondary N) is 1. The summed E-state index contributed by atoms with van der Waals surface area (Å²) in [5, 5.41) is 20.8. The summed E-state index contributed by atoms with van der Waals surface area (Å²) in [6, 6.07) is 25.8. The number of aryl methyl sites for hydroxylation is 1. The number of aliphatic hydroxyl groups is 1. The molecule has 1 amide bonds. The van der Waals surface area contributed by atoms with Crippen LogP contribution in [0.5, 0.6) is 0 Å². The third-order valence-electron chi connectivity index (χ3n) is 9.35. The van der Waals surface area contributed by atoms with Crippen LogP contribution in [-0.2, 0) is 28.6 Å². The highest BCUT2D eigenvalue weighted by molar-refractivity contribution is 6.30. The third-order valence-corrected chi connectivity index (χ3v) is 9.59. The molecule has 2 heterocycles. The first-order valence-corrected chi connectivity index (χ1v) is 15.2. The van der Waals surface area contributed by atoms with Crippen molar-refractivity contribution in [1.29, 1.82) is 5.26 Å². The van der Waals surface area contributed by atoms with E-state index in [9.17, 15) is 20.0 Å². The summed E-state index contributed by atoms with van der Waals surface area (Å²) in [5.41, 5.74) is 5.09. The first kappa shape index (κ1) is 27.6. The molecule has 2 saturated carbocycles. The number of amides is 1. The van der Waals surface area contributed by atoms with Gasteiger partial charge in [0.25, 0.3) is 11.5 Å². The molecule has 7 nitrogen and oxygen atoms in total. The number of nitriles is 1. The molecule has 0 saturated heterocycles. The number of aromatic amines is 1. The minimum atomic E-state index is -1.36. The number of carbonyl (C=O) groups excluding carboxylic acids is 1. The predicted octanol–water partition coefficient (Wildman–Crippen LogP) is 5.73. The molecule has 7 rings (SSSR count). The third kappa shape index (κ3) is 4.95. The van der Waals surface area contributed by atoms with E-state index in [0.29, 0.717) is 41.4 Å². The Balaban J connectivity index is 1.14. The number of nitrogens with zero attached hydrogens (tertiary/aromatic N) is 3. The lowest BCUT2D eigenvalue weighted by Gasteiger charge is -2.24. The van der Waals surface area contributed by atoms with Crippen molar-refractivity contribution >= 4 is 17.5 Å². The zero-order valence-electron chi connectivity index (χ0n) is 23.6. The molecule has 1 aromatic heterocycles. The molecule has 0 unspecified atom stereocenters. The molecule has 8 heteroatoms. The topological polar surface area (TPSA) is 110 Å². The Kier molecular flexibility index (Phi) is 6.72. The number of halogens is 1. The van der Waals surface area contributed by atoms with E-state index in [0.717, 1.165) is 53.6 Å². The molecule has 3 aromatic carbocycles. The lowest BCUT2D eigenvalue weighted by molar-refractivity contribution is -0.141. The van der Waals surface area contributed by atoms with Gasteiger partial charge in [-0.15, -0.1) is 0 Å². The van der Waals surface area contributed by atoms with E-state index < -0.39 is 12.0 Å². The molecular weight excluding hydrogens is 560 g/mol. The van der Waals surface area contributed by atoms with Crippen LogP contribution in [0, 0.1) is 11.3 Å². The highest BCUT2D eigenvalue weighted by Crippen LogP contribution is 2.53. The fourth-order valence-electron chi connectivity index (χ4n) is 6.38. The van der Waals surface area contributed by atoms with Gasteiger partial charge in [0.2, 0.25) is 0 Å². The van der Waals surface area contributed by atoms with Crippen molar-refractivity contribution in [2.75, 3.05) is 6.54 Å². The highest BCUT2D eigenvalue weighted by Gasteiger charge is 2.49. The number of H-pyrrole nitrogens is 1. The second-order valence-corrected chi connectivity index (χ2v) is 12.5. The molecule has 1 aliphatic heterocycles. The maximum Gasteiger partial charge on any atom is 0.256 e. The van der Waals surface area contributed by atoms with E-state index in [1.165, 1.54) is 4.90 Å². The first-order valence-electron chi connectivity index (χ1n) is 14.8. The predicted molar refractivity (Wildman–Crippen MR) is 163 cm³/mol. The van der Waals surface area contributed by atoms with E-state index in [2.05, 4.69) is 53.5 Å². The van der Waals surface area contributed by atoms with E-state index in [4.69, 9.17) is 16.6 Å². The summed E-state index contributed by atoms with van der Waals surface area (Å²) < 4.78 is 0. The summed E-state index contributed by atoms with van der Waals surface area (Å²) in [6.45, 7) is 0.517. The number of hydrogen-bond acceptors (Lipinski definition) is 5. The van der Waals surface area contributed by atoms with Gasteiger partial charge in [0.15, 0.2) is 6.10 Å². The van der Waals surface area contributed by atoms with Crippen molar-refractivity contribution in [3.8, 4) is 17.2 Å². The van der Waals surface area contributed by atoms with Crippen LogP contribution in [0.3, 0.4) is 0 Å². The quantitative estimate of drug-likeness (QED) is 0.298. The Morgan fingerprint density at radius 3 is 2.47 bits per heavy atom. The summed E-state index contributed by atoms with van der Waals surface area (Å²) in [4.78, 5) is 36.3. The van der Waals surface area contributed by atoms with Crippen LogP contribution in [0.15, 0.2) is 77.6 Å². The van der Waals surface area contributed by atoms with E-state index in [-0.39, 0.29) is 22.9 Å². The van der Waals surface area contributed by atoms with Gasteiger partial charge in [0.05, 0.1) is 34.7 Å². The van der Waals surface area contributed by atoms with E-state index in [1.807, 2.05) is 6.07 Å². The molecule has 216 valence electrons. The zero-order chi connectivity index (χ0) is 29.8. The average Bonchev–Trinajstić information content (AvgIpc) is 3.95. The van der Waals surface area contributed by atoms with Crippen molar-refractivity contribution in [1.82, 2.24) is 14.9 Å². The van der Waals surface area contributed by atoms with Gasteiger partial charge in [-0.3, -0.25) is 9.59 Å². The highest BCUT2D eigenvalue weighted by atomic mass is 35.5. The maximum absolute atomic E-state index is 13.5. The second kappa shape index (κ2) is 10.5. The van der Waals surface area contributed by atoms with Crippen molar-refractivity contribution in [2.24, 2.45) is 0 Å². The Bertz CT molecular complexity index is 1830. The average molecular weight is 591 g/mol. The Morgan fingerprint density at radius 2 is 1.77 bits per heavy atom. The van der Waals surface area contributed by atoms with Crippen molar-refractivity contribution in [3.05, 3.63) is 122 Å². The molecule has 2 N–H and O–H groups in total. The van der Waals surface area contributed by atoms with Crippen LogP contribution >= 0.6 is 11.6 Å². The summed E-state index contributed by atoms with van der Waals surface area (Å²) in [5.74, 6) is 0.217. The van der Waals surface area contributed by atoms with Crippen LogP contribution in [0.25, 0.3) is 11.1 Å². The van der Waals surface area contributed by atoms with E-state index >= 15 is 0 Å². The lowest BCUT2D eigenvalue weighted by Crippen LogP contribution is -2.36. The summed E-state index contributed by atoms with van der Waals surface area (Å²) >= 11 is 6.06. The van der Waals surface area contributed by atoms with Gasteiger partial charge in [-0.1, -0.05) is 72.3 Å². The zero-order valence-corrected chi connectivity index (χ0v) is 24.4. The van der Waals surface area contributed by atoms with Crippen LogP contribution in [0.1, 0.15) is 72.0 Å². The number of benzene rings is 3. The standard InChI is InChI=1S/C35H31ClN4O3/c36-27-7-2-5-24(19-27)30(41)32(43)40-17-3-8-29-28(20-40)31(42)39-33(38-29)35(15-16-35)26-6-1-4-23(18-26)22-9-11-25(12-10-22)34(21-37)13-14-34/h1-2,4-7,9-12,18-19,30,41H,3,8,13-17,20H2,(H,38,39,42)/t30-/m1/s1. The number of fused-ring (bicyclic) bond motifs is 1. The van der Waals surface area contributed by atoms with Crippen molar-refractivity contribution in [3.63, 3.8) is 0 Å². The Labute approximate surface area is 254 Å². The molecule has 0 radical (unpaired) electrons. The van der Waals surface area contributed by atoms with Crippen molar-refractivity contribution in [2.45, 2.75) is 62.0 Å². The number of aliphatic hydroxyl groups excluding tert-OH is 1. The lowest BCUT2D eigenvalue weighted by atomic mass is 9.90. The number of carbonyl (C=O) groups is 1. The Hall–Kier alpha value is -4.25. The van der Waals surface area contributed by atoms with Crippen LogP contribution in [0.4, 0.5) is 0 Å². The van der Waals surface area contributed by atoms with Gasteiger partial charge in [-0.2, -0.15) is 5.26 Å². The van der Waals surface area contributed by atoms with Gasteiger partial charge in [0, 0.05) is 11.6 Å². The molecule has 43 heavy (non-hydrogen) atoms. The SMILES string of the molecule is N#CC1(c2ccc(-c3cccc(C4(c5nc6c(c(=O)[nH]5)CN(C(=O)[C@H](O)c5cccc(Cl)c5)CCC6)CC4)c3)cc2)CC1. The largest absolute Gasteiger partial charge is 0.378 e. The molecule has 0 spiro atoms. The molecule has 1 atom stereocenters. The minimum absolute atomic E-state index is 0.0972. The smallest absolute Gasteiger partial charge is 0.256 e. The second-order valence-electron chi connectivity index (χ2n) is 12.1. The number of rotatable bonds is 6. The van der Waals surface area contributed by atoms with Crippen LogP contribution in [-0.4, -0.2) is 32.4 Å². The molecule has 0 bridgehead atoms. The van der Waals surface area contributed by atoms with Gasteiger partial charge in [0.1, 0.15) is 5.82 Å². The normalized spacial score (nSPS) is 18.6. The molecule has 3 aliphatic rings. The maximum atomic E-state index is 13.5. The van der Waals surface area contributed by atoms with Crippen LogP contribution in [0.2, 0.25) is 5.02 Å². The van der Waals surface area contributed by atoms with Gasteiger partial charge >= 0.3 is 0 Å². The minimum Gasteiger partial charge on any atom is -0.378 e. The molecule has 4 aromatic rings. The number of aromatic nitrogens is 2. The fraction of sp³-hybridized carbons (Fsp3) is 0.314. The van der Waals surface area contributed by atoms with Crippen LogP contribution < -0.4 is 5.56 Å². The van der Waals surface area contributed by atoms with E-state index in [1.54, 1.807) is 24.3 Å². The van der Waals surface area contributed by atoms with Gasteiger partial charge < -0.3 is 15.0 Å². The molecule has 2 fully saturated rings. The first-order chi connectivity index (χ1) is 20.8.